The maximum Gasteiger partial charge on any atom is 0.251 e. The molecule has 3 amide bonds. The molecule has 1 saturated heterocycles. The number of nitrogens with zero attached hydrogens (tertiary/aromatic N) is 1. The van der Waals surface area contributed by atoms with Crippen LogP contribution in [0.25, 0.3) is 0 Å². The number of hydrogen-bond acceptors (Lipinski definition) is 4. The standard InChI is InChI=1S/C22H25N3O4/c1-15-8-9-19(29-2)18(12-15)25-14-17(13-20(25)26)22(28)24-11-10-23-21(27)16-6-4-3-5-7-16/h3-9,12,17H,10-11,13-14H2,1-2H3,(H,23,27)(H,24,28). The van der Waals surface area contributed by atoms with E-state index in [1.807, 2.05) is 31.2 Å². The van der Waals surface area contributed by atoms with E-state index in [0.29, 0.717) is 36.6 Å². The van der Waals surface area contributed by atoms with Crippen LogP contribution in [0, 0.1) is 12.8 Å². The molecule has 7 heteroatoms. The molecular formula is C22H25N3O4. The molecule has 2 aromatic carbocycles. The van der Waals surface area contributed by atoms with Crippen LogP contribution < -0.4 is 20.3 Å². The Hall–Kier alpha value is -3.35. The van der Waals surface area contributed by atoms with Gasteiger partial charge in [0.25, 0.3) is 5.91 Å². The molecule has 152 valence electrons. The van der Waals surface area contributed by atoms with Crippen molar-refractivity contribution in [2.75, 3.05) is 31.6 Å². The van der Waals surface area contributed by atoms with Crippen LogP contribution in [0.3, 0.4) is 0 Å². The molecule has 1 aliphatic heterocycles. The largest absolute Gasteiger partial charge is 0.495 e. The van der Waals surface area contributed by atoms with E-state index in [-0.39, 0.29) is 24.1 Å². The van der Waals surface area contributed by atoms with Crippen LogP contribution >= 0.6 is 0 Å². The third kappa shape index (κ3) is 4.93. The number of aryl methyl sites for hydroxylation is 1. The number of carbonyl (C=O) groups excluding carboxylic acids is 3. The average Bonchev–Trinajstić information content (AvgIpc) is 3.13. The molecule has 7 nitrogen and oxygen atoms in total. The quantitative estimate of drug-likeness (QED) is 0.701. The molecule has 3 rings (SSSR count). The van der Waals surface area contributed by atoms with Crippen LogP contribution in [0.2, 0.25) is 0 Å². The lowest BCUT2D eigenvalue weighted by atomic mass is 10.1. The fourth-order valence-corrected chi connectivity index (χ4v) is 3.32. The second-order valence-electron chi connectivity index (χ2n) is 6.99. The molecule has 2 aromatic rings. The van der Waals surface area contributed by atoms with Crippen molar-refractivity contribution in [3.63, 3.8) is 0 Å². The first kappa shape index (κ1) is 20.4. The Labute approximate surface area is 170 Å². The number of nitrogens with one attached hydrogen (secondary N) is 2. The van der Waals surface area contributed by atoms with E-state index < -0.39 is 5.92 Å². The van der Waals surface area contributed by atoms with Crippen LogP contribution in [-0.4, -0.2) is 44.5 Å². The van der Waals surface area contributed by atoms with Gasteiger partial charge in [-0.05, 0) is 36.8 Å². The van der Waals surface area contributed by atoms with Crippen molar-refractivity contribution >= 4 is 23.4 Å². The van der Waals surface area contributed by atoms with Crippen LogP contribution in [-0.2, 0) is 9.59 Å². The van der Waals surface area contributed by atoms with E-state index in [1.165, 1.54) is 0 Å². The summed E-state index contributed by atoms with van der Waals surface area (Å²) in [4.78, 5) is 38.5. The SMILES string of the molecule is COc1ccc(C)cc1N1CC(C(=O)NCCNC(=O)c2ccccc2)CC1=O. The molecule has 1 aliphatic rings. The molecule has 1 heterocycles. The number of methoxy groups -OCH3 is 1. The topological polar surface area (TPSA) is 87.7 Å². The Balaban J connectivity index is 1.50. The fourth-order valence-electron chi connectivity index (χ4n) is 3.32. The van der Waals surface area contributed by atoms with Gasteiger partial charge < -0.3 is 20.3 Å². The number of amides is 3. The van der Waals surface area contributed by atoms with Crippen molar-refractivity contribution in [3.05, 3.63) is 59.7 Å². The molecule has 0 aromatic heterocycles. The van der Waals surface area contributed by atoms with Crippen LogP contribution in [0.5, 0.6) is 5.75 Å². The highest BCUT2D eigenvalue weighted by molar-refractivity contribution is 6.01. The number of benzene rings is 2. The Kier molecular flexibility index (Phi) is 6.49. The summed E-state index contributed by atoms with van der Waals surface area (Å²) >= 11 is 0. The second kappa shape index (κ2) is 9.23. The van der Waals surface area contributed by atoms with Crippen molar-refractivity contribution in [3.8, 4) is 5.75 Å². The van der Waals surface area contributed by atoms with E-state index in [9.17, 15) is 14.4 Å². The van der Waals surface area contributed by atoms with Crippen molar-refractivity contribution in [1.29, 1.82) is 0 Å². The normalized spacial score (nSPS) is 15.9. The summed E-state index contributed by atoms with van der Waals surface area (Å²) in [5.41, 5.74) is 2.27. The lowest BCUT2D eigenvalue weighted by molar-refractivity contribution is -0.126. The number of rotatable bonds is 7. The van der Waals surface area contributed by atoms with Crippen LogP contribution in [0.4, 0.5) is 5.69 Å². The van der Waals surface area contributed by atoms with Gasteiger partial charge in [0.2, 0.25) is 11.8 Å². The Morgan fingerprint density at radius 3 is 2.55 bits per heavy atom. The zero-order valence-corrected chi connectivity index (χ0v) is 16.6. The molecule has 0 saturated carbocycles. The second-order valence-corrected chi connectivity index (χ2v) is 6.99. The molecule has 0 bridgehead atoms. The molecule has 1 atom stereocenters. The summed E-state index contributed by atoms with van der Waals surface area (Å²) in [5, 5.41) is 5.56. The Morgan fingerprint density at radius 2 is 1.83 bits per heavy atom. The van der Waals surface area contributed by atoms with Crippen molar-refractivity contribution in [2.45, 2.75) is 13.3 Å². The predicted molar refractivity (Wildman–Crippen MR) is 110 cm³/mol. The maximum atomic E-state index is 12.5. The summed E-state index contributed by atoms with van der Waals surface area (Å²) in [6, 6.07) is 14.5. The Bertz CT molecular complexity index is 898. The molecule has 2 N–H and O–H groups in total. The lowest BCUT2D eigenvalue weighted by Gasteiger charge is -2.20. The minimum atomic E-state index is -0.433. The first-order chi connectivity index (χ1) is 14.0. The van der Waals surface area contributed by atoms with E-state index in [4.69, 9.17) is 4.74 Å². The van der Waals surface area contributed by atoms with Crippen molar-refractivity contribution in [2.24, 2.45) is 5.92 Å². The molecule has 0 aliphatic carbocycles. The third-order valence-electron chi connectivity index (χ3n) is 4.87. The first-order valence-corrected chi connectivity index (χ1v) is 9.55. The van der Waals surface area contributed by atoms with Gasteiger partial charge in [-0.3, -0.25) is 14.4 Å². The minimum absolute atomic E-state index is 0.105. The van der Waals surface area contributed by atoms with E-state index in [0.717, 1.165) is 5.56 Å². The van der Waals surface area contributed by atoms with Crippen LogP contribution in [0.15, 0.2) is 48.5 Å². The fraction of sp³-hybridized carbons (Fsp3) is 0.318. The van der Waals surface area contributed by atoms with Gasteiger partial charge in [0, 0.05) is 31.6 Å². The van der Waals surface area contributed by atoms with E-state index in [1.54, 1.807) is 36.3 Å². The van der Waals surface area contributed by atoms with Gasteiger partial charge in [-0.15, -0.1) is 0 Å². The van der Waals surface area contributed by atoms with E-state index >= 15 is 0 Å². The Morgan fingerprint density at radius 1 is 1.10 bits per heavy atom. The summed E-state index contributed by atoms with van der Waals surface area (Å²) < 4.78 is 5.36. The lowest BCUT2D eigenvalue weighted by Crippen LogP contribution is -2.38. The van der Waals surface area contributed by atoms with Gasteiger partial charge in [0.1, 0.15) is 5.75 Å². The molecule has 29 heavy (non-hydrogen) atoms. The molecule has 0 spiro atoms. The van der Waals surface area contributed by atoms with Gasteiger partial charge in [-0.25, -0.2) is 0 Å². The molecule has 1 fully saturated rings. The third-order valence-corrected chi connectivity index (χ3v) is 4.87. The van der Waals surface area contributed by atoms with Crippen molar-refractivity contribution in [1.82, 2.24) is 10.6 Å². The van der Waals surface area contributed by atoms with E-state index in [2.05, 4.69) is 10.6 Å². The smallest absolute Gasteiger partial charge is 0.251 e. The molecule has 1 unspecified atom stereocenters. The van der Waals surface area contributed by atoms with Gasteiger partial charge in [0.05, 0.1) is 18.7 Å². The maximum absolute atomic E-state index is 12.5. The average molecular weight is 395 g/mol. The van der Waals surface area contributed by atoms with Gasteiger partial charge in [0.15, 0.2) is 0 Å². The zero-order chi connectivity index (χ0) is 20.8. The first-order valence-electron chi connectivity index (χ1n) is 9.55. The predicted octanol–water partition coefficient (Wildman–Crippen LogP) is 1.90. The van der Waals surface area contributed by atoms with Crippen LogP contribution in [0.1, 0.15) is 22.3 Å². The minimum Gasteiger partial charge on any atom is -0.495 e. The van der Waals surface area contributed by atoms with Crippen molar-refractivity contribution < 1.29 is 19.1 Å². The highest BCUT2D eigenvalue weighted by atomic mass is 16.5. The number of ether oxygens (including phenoxy) is 1. The van der Waals surface area contributed by atoms with Gasteiger partial charge in [-0.2, -0.15) is 0 Å². The van der Waals surface area contributed by atoms with Gasteiger partial charge in [-0.1, -0.05) is 24.3 Å². The highest BCUT2D eigenvalue weighted by Gasteiger charge is 2.36. The summed E-state index contributed by atoms with van der Waals surface area (Å²) in [5.74, 6) is -0.312. The summed E-state index contributed by atoms with van der Waals surface area (Å²) in [6.45, 7) is 2.86. The summed E-state index contributed by atoms with van der Waals surface area (Å²) in [7, 11) is 1.56. The zero-order valence-electron chi connectivity index (χ0n) is 16.6. The number of hydrogen-bond donors (Lipinski definition) is 2. The molecular weight excluding hydrogens is 370 g/mol. The van der Waals surface area contributed by atoms with Gasteiger partial charge >= 0.3 is 0 Å². The molecule has 0 radical (unpaired) electrons. The summed E-state index contributed by atoms with van der Waals surface area (Å²) in [6.07, 6.45) is 0.152. The number of anilines is 1. The monoisotopic (exact) mass is 395 g/mol. The number of carbonyl (C=O) groups is 3. The highest BCUT2D eigenvalue weighted by Crippen LogP contribution is 2.33.